The lowest BCUT2D eigenvalue weighted by molar-refractivity contribution is 0.859. The van der Waals surface area contributed by atoms with E-state index in [1.807, 2.05) is 23.5 Å². The fraction of sp³-hybridized carbons (Fsp3) is 0.600. The molecular formula is C10H14BrN3S2. The van der Waals surface area contributed by atoms with Crippen molar-refractivity contribution >= 4 is 45.3 Å². The monoisotopic (exact) mass is 319 g/mol. The number of hydrogen-bond acceptors (Lipinski definition) is 5. The van der Waals surface area contributed by atoms with Crippen LogP contribution in [0.3, 0.4) is 0 Å². The van der Waals surface area contributed by atoms with E-state index in [2.05, 4.69) is 39.7 Å². The normalized spacial score (nSPS) is 30.3. The average molecular weight is 320 g/mol. The molecule has 2 N–H and O–H groups in total. The van der Waals surface area contributed by atoms with Crippen LogP contribution in [0, 0.1) is 0 Å². The first-order valence-electron chi connectivity index (χ1n) is 5.13. The zero-order chi connectivity index (χ0) is 11.7. The van der Waals surface area contributed by atoms with Crippen molar-refractivity contribution in [3.05, 3.63) is 16.5 Å². The zero-order valence-electron chi connectivity index (χ0n) is 9.18. The van der Waals surface area contributed by atoms with Gasteiger partial charge in [-0.25, -0.2) is 9.97 Å². The smallest absolute Gasteiger partial charge is 0.144 e. The second kappa shape index (κ2) is 5.14. The molecule has 2 rings (SSSR count). The summed E-state index contributed by atoms with van der Waals surface area (Å²) in [6.07, 6.45) is 1.74. The lowest BCUT2D eigenvalue weighted by Gasteiger charge is -2.30. The van der Waals surface area contributed by atoms with Gasteiger partial charge in [-0.15, -0.1) is 11.8 Å². The Morgan fingerprint density at radius 3 is 2.81 bits per heavy atom. The Morgan fingerprint density at radius 2 is 2.19 bits per heavy atom. The first-order chi connectivity index (χ1) is 7.58. The Balaban J connectivity index is 2.15. The lowest BCUT2D eigenvalue weighted by atomic mass is 10.3. The van der Waals surface area contributed by atoms with E-state index in [1.54, 1.807) is 6.20 Å². The van der Waals surface area contributed by atoms with Gasteiger partial charge in [0.05, 0.1) is 9.72 Å². The van der Waals surface area contributed by atoms with E-state index >= 15 is 0 Å². The van der Waals surface area contributed by atoms with E-state index in [-0.39, 0.29) is 0 Å². The number of aromatic nitrogens is 2. The number of nitrogens with two attached hydrogens (primary N) is 1. The number of anilines is 1. The Morgan fingerprint density at radius 1 is 1.44 bits per heavy atom. The third-order valence-electron chi connectivity index (χ3n) is 2.63. The maximum Gasteiger partial charge on any atom is 0.144 e. The second-order valence-electron chi connectivity index (χ2n) is 3.83. The van der Waals surface area contributed by atoms with Crippen LogP contribution in [0.1, 0.15) is 24.9 Å². The molecule has 1 fully saturated rings. The zero-order valence-corrected chi connectivity index (χ0v) is 12.4. The maximum absolute atomic E-state index is 5.78. The molecule has 0 saturated carbocycles. The summed E-state index contributed by atoms with van der Waals surface area (Å²) in [5.74, 6) is 2.45. The van der Waals surface area contributed by atoms with E-state index in [4.69, 9.17) is 5.73 Å². The molecule has 88 valence electrons. The summed E-state index contributed by atoms with van der Waals surface area (Å²) in [6.45, 7) is 4.53. The van der Waals surface area contributed by atoms with Crippen molar-refractivity contribution < 1.29 is 0 Å². The summed E-state index contributed by atoms with van der Waals surface area (Å²) in [6, 6.07) is 0. The highest BCUT2D eigenvalue weighted by Crippen LogP contribution is 2.43. The van der Waals surface area contributed by atoms with E-state index in [9.17, 15) is 0 Å². The number of rotatable bonds is 1. The van der Waals surface area contributed by atoms with Crippen molar-refractivity contribution in [1.82, 2.24) is 9.97 Å². The van der Waals surface area contributed by atoms with Crippen molar-refractivity contribution in [2.45, 2.75) is 29.6 Å². The SMILES string of the molecule is CC1SCC(c2ncc(Br)c(N)n2)SC1C. The summed E-state index contributed by atoms with van der Waals surface area (Å²) < 4.78 is 0.770. The average Bonchev–Trinajstić information content (AvgIpc) is 2.26. The first-order valence-corrected chi connectivity index (χ1v) is 7.91. The highest BCUT2D eigenvalue weighted by atomic mass is 79.9. The van der Waals surface area contributed by atoms with E-state index in [0.29, 0.717) is 21.6 Å². The standard InChI is InChI=1S/C10H14BrN3S2/c1-5-6(2)16-8(4-15-5)10-13-3-7(11)9(12)14-10/h3,5-6,8H,4H2,1-2H3,(H2,12,13,14). The minimum Gasteiger partial charge on any atom is -0.383 e. The van der Waals surface area contributed by atoms with Crippen LogP contribution in [0.2, 0.25) is 0 Å². The fourth-order valence-electron chi connectivity index (χ4n) is 1.47. The molecule has 0 bridgehead atoms. The van der Waals surface area contributed by atoms with Crippen LogP contribution in [0.25, 0.3) is 0 Å². The molecule has 1 aromatic rings. The lowest BCUT2D eigenvalue weighted by Crippen LogP contribution is -2.23. The quantitative estimate of drug-likeness (QED) is 0.861. The van der Waals surface area contributed by atoms with Crippen LogP contribution in [-0.2, 0) is 0 Å². The highest BCUT2D eigenvalue weighted by molar-refractivity contribution is 9.10. The molecule has 2 heterocycles. The van der Waals surface area contributed by atoms with Gasteiger partial charge in [0.1, 0.15) is 11.6 Å². The number of hydrogen-bond donors (Lipinski definition) is 1. The molecule has 0 spiro atoms. The van der Waals surface area contributed by atoms with Gasteiger partial charge in [0.25, 0.3) is 0 Å². The molecule has 0 amide bonds. The topological polar surface area (TPSA) is 51.8 Å². The van der Waals surface area contributed by atoms with Crippen LogP contribution >= 0.6 is 39.5 Å². The summed E-state index contributed by atoms with van der Waals surface area (Å²) in [7, 11) is 0. The predicted molar refractivity (Wildman–Crippen MR) is 75.9 cm³/mol. The minimum atomic E-state index is 0.367. The summed E-state index contributed by atoms with van der Waals surface area (Å²) in [5, 5.41) is 1.71. The van der Waals surface area contributed by atoms with Gasteiger partial charge in [-0.1, -0.05) is 13.8 Å². The van der Waals surface area contributed by atoms with Gasteiger partial charge in [0.2, 0.25) is 0 Å². The third-order valence-corrected chi connectivity index (χ3v) is 6.63. The Labute approximate surface area is 113 Å². The number of nitrogen functional groups attached to an aromatic ring is 1. The largest absolute Gasteiger partial charge is 0.383 e. The van der Waals surface area contributed by atoms with E-state index < -0.39 is 0 Å². The van der Waals surface area contributed by atoms with Gasteiger partial charge in [0.15, 0.2) is 0 Å². The summed E-state index contributed by atoms with van der Waals surface area (Å²) in [4.78, 5) is 8.69. The minimum absolute atomic E-state index is 0.367. The first kappa shape index (κ1) is 12.5. The van der Waals surface area contributed by atoms with Gasteiger partial charge in [-0.05, 0) is 15.9 Å². The molecule has 1 aromatic heterocycles. The maximum atomic E-state index is 5.78. The molecular weight excluding hydrogens is 306 g/mol. The van der Waals surface area contributed by atoms with Crippen LogP contribution in [0.15, 0.2) is 10.7 Å². The van der Waals surface area contributed by atoms with E-state index in [0.717, 1.165) is 16.0 Å². The van der Waals surface area contributed by atoms with Gasteiger partial charge >= 0.3 is 0 Å². The molecule has 1 aliphatic rings. The Bertz CT molecular complexity index is 388. The molecule has 1 saturated heterocycles. The van der Waals surface area contributed by atoms with Crippen LogP contribution in [0.5, 0.6) is 0 Å². The van der Waals surface area contributed by atoms with Crippen molar-refractivity contribution in [3.8, 4) is 0 Å². The van der Waals surface area contributed by atoms with Gasteiger partial charge in [-0.2, -0.15) is 11.8 Å². The fourth-order valence-corrected chi connectivity index (χ4v) is 4.51. The molecule has 0 radical (unpaired) electrons. The molecule has 3 nitrogen and oxygen atoms in total. The Kier molecular flexibility index (Phi) is 4.02. The molecule has 16 heavy (non-hydrogen) atoms. The molecule has 3 atom stereocenters. The highest BCUT2D eigenvalue weighted by Gasteiger charge is 2.28. The summed E-state index contributed by atoms with van der Waals surface area (Å²) >= 11 is 7.24. The second-order valence-corrected chi connectivity index (χ2v) is 7.68. The molecule has 0 aromatic carbocycles. The molecule has 6 heteroatoms. The van der Waals surface area contributed by atoms with Crippen LogP contribution < -0.4 is 5.73 Å². The number of nitrogens with zero attached hydrogens (tertiary/aromatic N) is 2. The van der Waals surface area contributed by atoms with Crippen molar-refractivity contribution in [1.29, 1.82) is 0 Å². The van der Waals surface area contributed by atoms with Crippen LogP contribution in [0.4, 0.5) is 5.82 Å². The molecule has 1 aliphatic heterocycles. The van der Waals surface area contributed by atoms with Crippen molar-refractivity contribution in [3.63, 3.8) is 0 Å². The molecule has 0 aliphatic carbocycles. The van der Waals surface area contributed by atoms with Gasteiger partial charge in [0, 0.05) is 22.4 Å². The third kappa shape index (κ3) is 2.65. The van der Waals surface area contributed by atoms with Crippen molar-refractivity contribution in [2.75, 3.05) is 11.5 Å². The van der Waals surface area contributed by atoms with Gasteiger partial charge in [-0.3, -0.25) is 0 Å². The van der Waals surface area contributed by atoms with Crippen molar-refractivity contribution in [2.24, 2.45) is 0 Å². The molecule has 3 unspecified atom stereocenters. The van der Waals surface area contributed by atoms with Crippen LogP contribution in [-0.4, -0.2) is 26.2 Å². The number of halogens is 1. The number of thioether (sulfide) groups is 2. The van der Waals surface area contributed by atoms with E-state index in [1.165, 1.54) is 0 Å². The Hall–Kier alpha value is 0.0600. The predicted octanol–water partition coefficient (Wildman–Crippen LogP) is 3.12. The van der Waals surface area contributed by atoms with Gasteiger partial charge < -0.3 is 5.73 Å². The summed E-state index contributed by atoms with van der Waals surface area (Å²) in [5.41, 5.74) is 5.78.